The zero-order valence-corrected chi connectivity index (χ0v) is 21.7. The van der Waals surface area contributed by atoms with E-state index in [9.17, 15) is 4.79 Å². The zero-order valence-electron chi connectivity index (χ0n) is 20.9. The number of amides is 1. The Morgan fingerprint density at radius 3 is 2.58 bits per heavy atom. The number of aromatic nitrogens is 2. The summed E-state index contributed by atoms with van der Waals surface area (Å²) >= 11 is 6.23. The first kappa shape index (κ1) is 25.7. The Balaban J connectivity index is 1.32. The van der Waals surface area contributed by atoms with Gasteiger partial charge in [0.1, 0.15) is 0 Å². The Morgan fingerprint density at radius 1 is 1.00 bits per heavy atom. The highest BCUT2D eigenvalue weighted by Crippen LogP contribution is 2.25. The molecule has 0 radical (unpaired) electrons. The second-order valence-electron chi connectivity index (χ2n) is 9.33. The molecule has 192 valence electrons. The number of carbonyl (C=O) groups is 1. The lowest BCUT2D eigenvalue weighted by Crippen LogP contribution is -2.57. The van der Waals surface area contributed by atoms with Crippen LogP contribution in [0.3, 0.4) is 0 Å². The average molecular weight is 526 g/mol. The van der Waals surface area contributed by atoms with Crippen molar-refractivity contribution in [2.24, 2.45) is 0 Å². The Kier molecular flexibility index (Phi) is 8.15. The van der Waals surface area contributed by atoms with Crippen LogP contribution < -0.4 is 4.90 Å². The van der Waals surface area contributed by atoms with Crippen molar-refractivity contribution in [3.05, 3.63) is 125 Å². The molecule has 1 aliphatic rings. The van der Waals surface area contributed by atoms with E-state index >= 15 is 0 Å². The van der Waals surface area contributed by atoms with Gasteiger partial charge in [-0.1, -0.05) is 72.3 Å². The number of rotatable bonds is 9. The molecule has 1 fully saturated rings. The summed E-state index contributed by atoms with van der Waals surface area (Å²) in [6, 6.07) is 25.1. The molecule has 1 aromatic heterocycles. The maximum absolute atomic E-state index is 13.3. The quantitative estimate of drug-likeness (QED) is 0.268. The predicted octanol–water partition coefficient (Wildman–Crippen LogP) is 5.57. The van der Waals surface area contributed by atoms with Gasteiger partial charge in [-0.3, -0.25) is 9.69 Å². The predicted molar refractivity (Wildman–Crippen MR) is 148 cm³/mol. The number of carbonyl (C=O) groups excluding carboxylic acids is 1. The van der Waals surface area contributed by atoms with E-state index in [4.69, 9.17) is 22.9 Å². The van der Waals surface area contributed by atoms with Crippen LogP contribution in [0.2, 0.25) is 5.02 Å². The van der Waals surface area contributed by atoms with Gasteiger partial charge in [0.05, 0.1) is 44.4 Å². The first-order valence-corrected chi connectivity index (χ1v) is 12.8. The van der Waals surface area contributed by atoms with Gasteiger partial charge in [0.2, 0.25) is 5.91 Å². The van der Waals surface area contributed by atoms with E-state index < -0.39 is 0 Å². The molecule has 0 N–H and O–H groups in total. The highest BCUT2D eigenvalue weighted by molar-refractivity contribution is 6.30. The van der Waals surface area contributed by atoms with Gasteiger partial charge in [-0.25, -0.2) is 9.83 Å². The van der Waals surface area contributed by atoms with Crippen LogP contribution in [0.1, 0.15) is 16.8 Å². The van der Waals surface area contributed by atoms with Crippen LogP contribution in [0.5, 0.6) is 0 Å². The average Bonchev–Trinajstić information content (AvgIpc) is 3.37. The lowest BCUT2D eigenvalue weighted by molar-refractivity contribution is -0.123. The third kappa shape index (κ3) is 6.29. The van der Waals surface area contributed by atoms with Crippen molar-refractivity contribution < 1.29 is 9.53 Å². The summed E-state index contributed by atoms with van der Waals surface area (Å²) in [7, 11) is 0. The van der Waals surface area contributed by atoms with E-state index in [-0.39, 0.29) is 18.5 Å². The smallest absolute Gasteiger partial charge is 0.241 e. The Morgan fingerprint density at radius 2 is 1.82 bits per heavy atom. The Bertz CT molecular complexity index is 1410. The lowest BCUT2D eigenvalue weighted by Gasteiger charge is -2.41. The van der Waals surface area contributed by atoms with E-state index in [1.165, 1.54) is 0 Å². The molecule has 1 atom stereocenters. The second kappa shape index (κ2) is 12.1. The molecule has 0 aliphatic carbocycles. The standard InChI is InChI=1S/C30H28ClN5O2/c1-32-26-12-10-23(11-13-26)16-35-22-33-15-28(35)17-34-19-30(37)36(27-9-5-8-25(31)14-27)18-29(34)21-38-20-24-6-3-2-4-7-24/h2-15,22,29H,16-21H2. The number of imidazole rings is 1. The van der Waals surface area contributed by atoms with Crippen molar-refractivity contribution in [3.63, 3.8) is 0 Å². The summed E-state index contributed by atoms with van der Waals surface area (Å²) in [6.45, 7) is 10.1. The minimum Gasteiger partial charge on any atom is -0.375 e. The number of hydrogen-bond acceptors (Lipinski definition) is 4. The monoisotopic (exact) mass is 525 g/mol. The molecule has 0 spiro atoms. The molecule has 3 aromatic carbocycles. The van der Waals surface area contributed by atoms with E-state index in [1.807, 2.05) is 91.4 Å². The van der Waals surface area contributed by atoms with Crippen molar-refractivity contribution in [3.8, 4) is 0 Å². The summed E-state index contributed by atoms with van der Waals surface area (Å²) in [5, 5.41) is 0.600. The molecular formula is C30H28ClN5O2. The van der Waals surface area contributed by atoms with Gasteiger partial charge in [0.25, 0.3) is 0 Å². The lowest BCUT2D eigenvalue weighted by atomic mass is 10.1. The third-order valence-electron chi connectivity index (χ3n) is 6.67. The van der Waals surface area contributed by atoms with Gasteiger partial charge in [0.15, 0.2) is 5.69 Å². The Hall–Kier alpha value is -3.96. The number of ether oxygens (including phenoxy) is 1. The largest absolute Gasteiger partial charge is 0.375 e. The molecule has 2 heterocycles. The maximum Gasteiger partial charge on any atom is 0.241 e. The number of benzene rings is 3. The molecule has 1 unspecified atom stereocenters. The molecule has 4 aromatic rings. The number of piperazine rings is 1. The second-order valence-corrected chi connectivity index (χ2v) is 9.77. The number of halogens is 1. The molecule has 0 bridgehead atoms. The molecule has 38 heavy (non-hydrogen) atoms. The molecule has 5 rings (SSSR count). The van der Waals surface area contributed by atoms with E-state index in [1.54, 1.807) is 4.90 Å². The SMILES string of the molecule is [C-]#[N+]c1ccc(Cn2cncc2CN2CC(=O)N(c3cccc(Cl)c3)CC2COCc2ccccc2)cc1. The van der Waals surface area contributed by atoms with Crippen LogP contribution in [0.4, 0.5) is 11.4 Å². The van der Waals surface area contributed by atoms with Crippen LogP contribution in [0.15, 0.2) is 91.4 Å². The molecule has 1 aliphatic heterocycles. The van der Waals surface area contributed by atoms with Crippen LogP contribution >= 0.6 is 11.6 Å². The van der Waals surface area contributed by atoms with Crippen LogP contribution in [0.25, 0.3) is 4.85 Å². The van der Waals surface area contributed by atoms with Gasteiger partial charge in [-0.05, 0) is 29.3 Å². The fourth-order valence-corrected chi connectivity index (χ4v) is 4.83. The van der Waals surface area contributed by atoms with Gasteiger partial charge in [-0.15, -0.1) is 0 Å². The summed E-state index contributed by atoms with van der Waals surface area (Å²) in [5.74, 6) is 0.0207. The maximum atomic E-state index is 13.3. The first-order chi connectivity index (χ1) is 18.6. The first-order valence-electron chi connectivity index (χ1n) is 12.5. The fraction of sp³-hybridized carbons (Fsp3) is 0.233. The molecule has 8 heteroatoms. The van der Waals surface area contributed by atoms with Gasteiger partial charge < -0.3 is 14.2 Å². The van der Waals surface area contributed by atoms with E-state index in [2.05, 4.69) is 19.3 Å². The topological polar surface area (TPSA) is 55.0 Å². The van der Waals surface area contributed by atoms with Crippen molar-refractivity contribution in [1.82, 2.24) is 14.5 Å². The van der Waals surface area contributed by atoms with Crippen molar-refractivity contribution >= 4 is 28.9 Å². The molecule has 7 nitrogen and oxygen atoms in total. The van der Waals surface area contributed by atoms with Crippen molar-refractivity contribution in [2.75, 3.05) is 24.6 Å². The van der Waals surface area contributed by atoms with Gasteiger partial charge in [0, 0.05) is 36.5 Å². The summed E-state index contributed by atoms with van der Waals surface area (Å²) < 4.78 is 8.23. The van der Waals surface area contributed by atoms with E-state index in [0.717, 1.165) is 22.5 Å². The number of hydrogen-bond donors (Lipinski definition) is 0. The van der Waals surface area contributed by atoms with Gasteiger partial charge in [-0.2, -0.15) is 0 Å². The summed E-state index contributed by atoms with van der Waals surface area (Å²) in [6.07, 6.45) is 3.66. The van der Waals surface area contributed by atoms with Gasteiger partial charge >= 0.3 is 0 Å². The number of nitrogens with zero attached hydrogens (tertiary/aromatic N) is 5. The highest BCUT2D eigenvalue weighted by atomic mass is 35.5. The fourth-order valence-electron chi connectivity index (χ4n) is 4.64. The van der Waals surface area contributed by atoms with Crippen molar-refractivity contribution in [2.45, 2.75) is 25.7 Å². The van der Waals surface area contributed by atoms with Crippen LogP contribution in [0, 0.1) is 6.57 Å². The minimum atomic E-state index is -0.0170. The van der Waals surface area contributed by atoms with Crippen LogP contribution in [-0.4, -0.2) is 46.1 Å². The third-order valence-corrected chi connectivity index (χ3v) is 6.91. The molecule has 1 saturated heterocycles. The zero-order chi connectivity index (χ0) is 26.3. The van der Waals surface area contributed by atoms with Crippen LogP contribution in [-0.2, 0) is 29.2 Å². The summed E-state index contributed by atoms with van der Waals surface area (Å²) in [4.78, 5) is 25.1. The van der Waals surface area contributed by atoms with Crippen molar-refractivity contribution in [1.29, 1.82) is 0 Å². The minimum absolute atomic E-state index is 0.0170. The molecular weight excluding hydrogens is 498 g/mol. The number of anilines is 1. The van der Waals surface area contributed by atoms with E-state index in [0.29, 0.717) is 43.6 Å². The Labute approximate surface area is 227 Å². The molecule has 0 saturated carbocycles. The highest BCUT2D eigenvalue weighted by Gasteiger charge is 2.33. The molecule has 1 amide bonds. The summed E-state index contributed by atoms with van der Waals surface area (Å²) in [5.41, 5.74) is 4.62. The normalized spacial score (nSPS) is 15.9.